The van der Waals surface area contributed by atoms with Gasteiger partial charge in [-0.15, -0.1) is 11.3 Å². The molecule has 0 atom stereocenters. The minimum atomic E-state index is -0.299. The molecule has 0 fully saturated rings. The van der Waals surface area contributed by atoms with Crippen LogP contribution in [0.15, 0.2) is 84.2 Å². The molecule has 29 heavy (non-hydrogen) atoms. The van der Waals surface area contributed by atoms with E-state index in [4.69, 9.17) is 0 Å². The molecule has 1 aliphatic heterocycles. The predicted octanol–water partition coefficient (Wildman–Crippen LogP) is 5.35. The molecule has 0 unspecified atom stereocenters. The summed E-state index contributed by atoms with van der Waals surface area (Å²) in [5, 5.41) is 6.00. The Balaban J connectivity index is 1.44. The van der Waals surface area contributed by atoms with Crippen LogP contribution in [0.4, 0.5) is 16.5 Å². The van der Waals surface area contributed by atoms with Crippen LogP contribution in [-0.4, -0.2) is 16.8 Å². The Hall–Kier alpha value is -3.77. The van der Waals surface area contributed by atoms with Crippen molar-refractivity contribution in [3.05, 3.63) is 95.4 Å². The molecule has 6 heteroatoms. The number of thiazole rings is 1. The summed E-state index contributed by atoms with van der Waals surface area (Å²) in [5.74, 6) is -0.597. The van der Waals surface area contributed by atoms with E-state index in [2.05, 4.69) is 10.3 Å². The molecule has 0 saturated carbocycles. The first-order valence-electron chi connectivity index (χ1n) is 9.06. The summed E-state index contributed by atoms with van der Waals surface area (Å²) in [7, 11) is 0. The molecule has 4 aromatic rings. The average Bonchev–Trinajstić information content (AvgIpc) is 3.32. The molecular formula is C23H15N3O2S. The lowest BCUT2D eigenvalue weighted by atomic mass is 10.1. The smallest absolute Gasteiger partial charge is 0.266 e. The minimum Gasteiger partial charge on any atom is -0.332 e. The quantitative estimate of drug-likeness (QED) is 0.471. The van der Waals surface area contributed by atoms with E-state index >= 15 is 0 Å². The van der Waals surface area contributed by atoms with E-state index in [1.165, 1.54) is 16.2 Å². The van der Waals surface area contributed by atoms with Gasteiger partial charge in [-0.25, -0.2) is 9.88 Å². The van der Waals surface area contributed by atoms with Crippen molar-refractivity contribution in [2.45, 2.75) is 0 Å². The number of anilines is 3. The molecule has 1 aromatic heterocycles. The number of para-hydroxylation sites is 1. The SMILES string of the molecule is O=C1c2ccccc2C(=O)N1c1cccc(-c2csc(Nc3ccccc3)n2)c1. The van der Waals surface area contributed by atoms with Crippen LogP contribution in [0, 0.1) is 0 Å². The number of nitrogens with zero attached hydrogens (tertiary/aromatic N) is 2. The Morgan fingerprint density at radius 3 is 2.21 bits per heavy atom. The molecule has 5 rings (SSSR count). The highest BCUT2D eigenvalue weighted by molar-refractivity contribution is 7.14. The number of hydrogen-bond acceptors (Lipinski definition) is 5. The third-order valence-corrected chi connectivity index (χ3v) is 5.48. The molecule has 0 bridgehead atoms. The summed E-state index contributed by atoms with van der Waals surface area (Å²) >= 11 is 1.50. The van der Waals surface area contributed by atoms with Gasteiger partial charge < -0.3 is 5.32 Å². The number of rotatable bonds is 4. The summed E-state index contributed by atoms with van der Waals surface area (Å²) in [6, 6.07) is 24.1. The van der Waals surface area contributed by atoms with Crippen LogP contribution < -0.4 is 10.2 Å². The Bertz CT molecular complexity index is 1200. The number of amides is 2. The fourth-order valence-corrected chi connectivity index (χ4v) is 4.08. The molecule has 140 valence electrons. The molecular weight excluding hydrogens is 382 g/mol. The first kappa shape index (κ1) is 17.3. The summed E-state index contributed by atoms with van der Waals surface area (Å²) in [4.78, 5) is 31.4. The van der Waals surface area contributed by atoms with Gasteiger partial charge in [0.25, 0.3) is 11.8 Å². The van der Waals surface area contributed by atoms with E-state index in [-0.39, 0.29) is 11.8 Å². The van der Waals surface area contributed by atoms with Crippen molar-refractivity contribution >= 4 is 39.7 Å². The number of benzene rings is 3. The maximum Gasteiger partial charge on any atom is 0.266 e. The van der Waals surface area contributed by atoms with Crippen molar-refractivity contribution < 1.29 is 9.59 Å². The number of hydrogen-bond donors (Lipinski definition) is 1. The molecule has 2 heterocycles. The summed E-state index contributed by atoms with van der Waals surface area (Å²) in [6.07, 6.45) is 0. The topological polar surface area (TPSA) is 62.3 Å². The van der Waals surface area contributed by atoms with Crippen LogP contribution in [-0.2, 0) is 0 Å². The first-order chi connectivity index (χ1) is 14.2. The number of fused-ring (bicyclic) bond motifs is 1. The zero-order valence-corrected chi connectivity index (χ0v) is 16.0. The lowest BCUT2D eigenvalue weighted by Crippen LogP contribution is -2.29. The molecule has 2 amide bonds. The molecule has 1 N–H and O–H groups in total. The fourth-order valence-electron chi connectivity index (χ4n) is 3.34. The van der Waals surface area contributed by atoms with Gasteiger partial charge >= 0.3 is 0 Å². The number of carbonyl (C=O) groups excluding carboxylic acids is 2. The standard InChI is InChI=1S/C23H15N3O2S/c27-21-18-11-4-5-12-19(18)22(28)26(21)17-10-6-7-15(13-17)20-14-29-23(25-20)24-16-8-2-1-3-9-16/h1-14H,(H,24,25). The van der Waals surface area contributed by atoms with Crippen LogP contribution in [0.5, 0.6) is 0 Å². The zero-order chi connectivity index (χ0) is 19.8. The Morgan fingerprint density at radius 2 is 1.48 bits per heavy atom. The highest BCUT2D eigenvalue weighted by Crippen LogP contribution is 2.32. The third kappa shape index (κ3) is 3.09. The minimum absolute atomic E-state index is 0.299. The predicted molar refractivity (Wildman–Crippen MR) is 115 cm³/mol. The lowest BCUT2D eigenvalue weighted by molar-refractivity contribution is 0.0926. The second kappa shape index (κ2) is 7.00. The van der Waals surface area contributed by atoms with Gasteiger partial charge in [0, 0.05) is 16.6 Å². The van der Waals surface area contributed by atoms with Crippen molar-refractivity contribution in [3.63, 3.8) is 0 Å². The highest BCUT2D eigenvalue weighted by Gasteiger charge is 2.36. The van der Waals surface area contributed by atoms with E-state index in [1.807, 2.05) is 53.9 Å². The van der Waals surface area contributed by atoms with Crippen molar-refractivity contribution in [1.82, 2.24) is 4.98 Å². The maximum atomic E-state index is 12.7. The molecule has 0 saturated heterocycles. The van der Waals surface area contributed by atoms with Crippen LogP contribution in [0.25, 0.3) is 11.3 Å². The van der Waals surface area contributed by atoms with Crippen LogP contribution in [0.2, 0.25) is 0 Å². The number of aromatic nitrogens is 1. The van der Waals surface area contributed by atoms with Gasteiger partial charge in [0.05, 0.1) is 22.5 Å². The van der Waals surface area contributed by atoms with E-state index in [0.29, 0.717) is 16.8 Å². The van der Waals surface area contributed by atoms with Crippen LogP contribution in [0.1, 0.15) is 20.7 Å². The molecule has 1 aliphatic rings. The van der Waals surface area contributed by atoms with Crippen molar-refractivity contribution in [2.75, 3.05) is 10.2 Å². The van der Waals surface area contributed by atoms with Crippen LogP contribution in [0.3, 0.4) is 0 Å². The van der Waals surface area contributed by atoms with E-state index in [9.17, 15) is 9.59 Å². The molecule has 0 spiro atoms. The molecule has 0 aliphatic carbocycles. The van der Waals surface area contributed by atoms with Crippen molar-refractivity contribution in [2.24, 2.45) is 0 Å². The van der Waals surface area contributed by atoms with Crippen molar-refractivity contribution in [1.29, 1.82) is 0 Å². The van der Waals surface area contributed by atoms with Gasteiger partial charge in [0.2, 0.25) is 0 Å². The zero-order valence-electron chi connectivity index (χ0n) is 15.2. The Kier molecular flexibility index (Phi) is 4.18. The summed E-state index contributed by atoms with van der Waals surface area (Å²) in [6.45, 7) is 0. The van der Waals surface area contributed by atoms with Gasteiger partial charge in [-0.05, 0) is 36.4 Å². The normalized spacial score (nSPS) is 12.9. The second-order valence-corrected chi connectivity index (χ2v) is 7.43. The largest absolute Gasteiger partial charge is 0.332 e. The monoisotopic (exact) mass is 397 g/mol. The Morgan fingerprint density at radius 1 is 0.793 bits per heavy atom. The average molecular weight is 397 g/mol. The molecule has 0 radical (unpaired) electrons. The van der Waals surface area contributed by atoms with Gasteiger partial charge in [0.15, 0.2) is 5.13 Å². The number of nitrogens with one attached hydrogen (secondary N) is 1. The molecule has 5 nitrogen and oxygen atoms in total. The lowest BCUT2D eigenvalue weighted by Gasteiger charge is -2.14. The summed E-state index contributed by atoms with van der Waals surface area (Å²) in [5.41, 5.74) is 4.01. The summed E-state index contributed by atoms with van der Waals surface area (Å²) < 4.78 is 0. The van der Waals surface area contributed by atoms with Gasteiger partial charge in [0.1, 0.15) is 0 Å². The molecule has 3 aromatic carbocycles. The number of imide groups is 1. The number of carbonyl (C=O) groups is 2. The second-order valence-electron chi connectivity index (χ2n) is 6.57. The van der Waals surface area contributed by atoms with E-state index < -0.39 is 0 Å². The Labute approximate surface area is 171 Å². The highest BCUT2D eigenvalue weighted by atomic mass is 32.1. The van der Waals surface area contributed by atoms with E-state index in [0.717, 1.165) is 22.1 Å². The maximum absolute atomic E-state index is 12.7. The van der Waals surface area contributed by atoms with Gasteiger partial charge in [-0.2, -0.15) is 0 Å². The van der Waals surface area contributed by atoms with Gasteiger partial charge in [-0.1, -0.05) is 42.5 Å². The van der Waals surface area contributed by atoms with Crippen LogP contribution >= 0.6 is 11.3 Å². The van der Waals surface area contributed by atoms with E-state index in [1.54, 1.807) is 30.3 Å². The van der Waals surface area contributed by atoms with Crippen molar-refractivity contribution in [3.8, 4) is 11.3 Å². The van der Waals surface area contributed by atoms with Gasteiger partial charge in [-0.3, -0.25) is 9.59 Å². The first-order valence-corrected chi connectivity index (χ1v) is 9.94. The third-order valence-electron chi connectivity index (χ3n) is 4.72. The fraction of sp³-hybridized carbons (Fsp3) is 0.